The molecule has 0 saturated heterocycles. The number of aryl methyl sites for hydroxylation is 1. The smallest absolute Gasteiger partial charge is 0.270 e. The number of anilines is 1. The van der Waals surface area contributed by atoms with Crippen molar-refractivity contribution in [3.63, 3.8) is 0 Å². The second-order valence-corrected chi connectivity index (χ2v) is 6.56. The van der Waals surface area contributed by atoms with Crippen molar-refractivity contribution in [3.8, 4) is 0 Å². The summed E-state index contributed by atoms with van der Waals surface area (Å²) in [5.41, 5.74) is 1.48. The van der Waals surface area contributed by atoms with Gasteiger partial charge in [0.2, 0.25) is 0 Å². The predicted octanol–water partition coefficient (Wildman–Crippen LogP) is 3.24. The molecular formula is C19H25N5O. The van der Waals surface area contributed by atoms with Crippen LogP contribution < -0.4 is 10.6 Å². The fourth-order valence-electron chi connectivity index (χ4n) is 3.15. The molecule has 3 rings (SSSR count). The predicted molar refractivity (Wildman–Crippen MR) is 97.3 cm³/mol. The third kappa shape index (κ3) is 5.24. The molecule has 1 saturated carbocycles. The Morgan fingerprint density at radius 2 is 2.00 bits per heavy atom. The summed E-state index contributed by atoms with van der Waals surface area (Å²) in [6, 6.07) is 5.87. The largest absolute Gasteiger partial charge is 0.366 e. The highest BCUT2D eigenvalue weighted by Crippen LogP contribution is 2.18. The van der Waals surface area contributed by atoms with Crippen molar-refractivity contribution < 1.29 is 4.79 Å². The van der Waals surface area contributed by atoms with Crippen LogP contribution in [0.25, 0.3) is 0 Å². The van der Waals surface area contributed by atoms with E-state index >= 15 is 0 Å². The lowest BCUT2D eigenvalue weighted by atomic mass is 10.1. The molecule has 2 heterocycles. The third-order valence-corrected chi connectivity index (χ3v) is 4.46. The van der Waals surface area contributed by atoms with Crippen LogP contribution in [0.2, 0.25) is 0 Å². The lowest BCUT2D eigenvalue weighted by Gasteiger charge is -2.16. The molecule has 0 aliphatic heterocycles. The number of nitrogens with one attached hydrogen (secondary N) is 2. The molecule has 2 N–H and O–H groups in total. The number of carbonyl (C=O) groups excluding carboxylic acids is 1. The standard InChI is InChI=1S/C19H25N5O/c1-14-22-17(19(25)24-16-8-4-2-3-5-9-16)11-18(23-14)21-13-15-7-6-10-20-12-15/h6-7,10-12,16H,2-5,8-9,13H2,1H3,(H,24,25)(H,21,22,23). The zero-order valence-electron chi connectivity index (χ0n) is 14.7. The van der Waals surface area contributed by atoms with E-state index in [0.29, 0.717) is 23.9 Å². The normalized spacial score (nSPS) is 15.4. The molecule has 6 heteroatoms. The average molecular weight is 339 g/mol. The highest BCUT2D eigenvalue weighted by atomic mass is 16.1. The number of hydrogen-bond acceptors (Lipinski definition) is 5. The lowest BCUT2D eigenvalue weighted by molar-refractivity contribution is 0.0928. The number of nitrogens with zero attached hydrogens (tertiary/aromatic N) is 3. The zero-order chi connectivity index (χ0) is 17.5. The minimum absolute atomic E-state index is 0.109. The molecule has 2 aromatic rings. The third-order valence-electron chi connectivity index (χ3n) is 4.46. The van der Waals surface area contributed by atoms with Gasteiger partial charge in [0, 0.05) is 31.0 Å². The summed E-state index contributed by atoms with van der Waals surface area (Å²) in [7, 11) is 0. The van der Waals surface area contributed by atoms with Crippen molar-refractivity contribution in [3.05, 3.63) is 47.7 Å². The first-order valence-corrected chi connectivity index (χ1v) is 9.00. The molecule has 1 aliphatic carbocycles. The summed E-state index contributed by atoms with van der Waals surface area (Å²) in [5.74, 6) is 1.13. The molecule has 1 fully saturated rings. The number of aromatic nitrogens is 3. The monoisotopic (exact) mass is 339 g/mol. The Kier molecular flexibility index (Phi) is 5.93. The van der Waals surface area contributed by atoms with E-state index in [9.17, 15) is 4.79 Å². The van der Waals surface area contributed by atoms with Crippen molar-refractivity contribution in [2.24, 2.45) is 0 Å². The minimum Gasteiger partial charge on any atom is -0.366 e. The number of rotatable bonds is 5. The molecule has 0 unspecified atom stereocenters. The van der Waals surface area contributed by atoms with Crippen LogP contribution in [-0.2, 0) is 6.54 Å². The average Bonchev–Trinajstić information content (AvgIpc) is 2.89. The van der Waals surface area contributed by atoms with Crippen LogP contribution in [0.15, 0.2) is 30.6 Å². The SMILES string of the molecule is Cc1nc(NCc2cccnc2)cc(C(=O)NC2CCCCCC2)n1. The quantitative estimate of drug-likeness (QED) is 0.818. The van der Waals surface area contributed by atoms with Crippen molar-refractivity contribution in [2.75, 3.05) is 5.32 Å². The van der Waals surface area contributed by atoms with Gasteiger partial charge in [-0.3, -0.25) is 9.78 Å². The molecule has 0 radical (unpaired) electrons. The maximum atomic E-state index is 12.6. The van der Waals surface area contributed by atoms with E-state index in [0.717, 1.165) is 18.4 Å². The van der Waals surface area contributed by atoms with Crippen LogP contribution in [0.5, 0.6) is 0 Å². The van der Waals surface area contributed by atoms with Gasteiger partial charge in [0.1, 0.15) is 17.3 Å². The maximum absolute atomic E-state index is 12.6. The van der Waals surface area contributed by atoms with Crippen LogP contribution in [0.4, 0.5) is 5.82 Å². The Morgan fingerprint density at radius 1 is 1.20 bits per heavy atom. The van der Waals surface area contributed by atoms with Crippen molar-refractivity contribution in [2.45, 2.75) is 58.0 Å². The lowest BCUT2D eigenvalue weighted by Crippen LogP contribution is -2.35. The van der Waals surface area contributed by atoms with Crippen LogP contribution in [-0.4, -0.2) is 26.9 Å². The van der Waals surface area contributed by atoms with E-state index in [1.165, 1.54) is 25.7 Å². The topological polar surface area (TPSA) is 79.8 Å². The van der Waals surface area contributed by atoms with E-state index in [-0.39, 0.29) is 11.9 Å². The fourth-order valence-corrected chi connectivity index (χ4v) is 3.15. The Bertz CT molecular complexity index is 696. The Balaban J connectivity index is 1.64. The van der Waals surface area contributed by atoms with Crippen molar-refractivity contribution in [1.29, 1.82) is 0 Å². The van der Waals surface area contributed by atoms with Crippen molar-refractivity contribution in [1.82, 2.24) is 20.3 Å². The summed E-state index contributed by atoms with van der Waals surface area (Å²) >= 11 is 0. The van der Waals surface area contributed by atoms with Gasteiger partial charge in [-0.15, -0.1) is 0 Å². The number of amides is 1. The van der Waals surface area contributed by atoms with E-state index in [4.69, 9.17) is 0 Å². The van der Waals surface area contributed by atoms with Gasteiger partial charge >= 0.3 is 0 Å². The molecule has 0 spiro atoms. The molecule has 25 heavy (non-hydrogen) atoms. The van der Waals surface area contributed by atoms with Gasteiger partial charge in [0.05, 0.1) is 0 Å². The number of hydrogen-bond donors (Lipinski definition) is 2. The minimum atomic E-state index is -0.109. The highest BCUT2D eigenvalue weighted by Gasteiger charge is 2.17. The summed E-state index contributed by atoms with van der Waals surface area (Å²) < 4.78 is 0. The molecule has 1 amide bonds. The first-order chi connectivity index (χ1) is 12.2. The van der Waals surface area contributed by atoms with Crippen LogP contribution in [0.1, 0.15) is 60.4 Å². The zero-order valence-corrected chi connectivity index (χ0v) is 14.7. The maximum Gasteiger partial charge on any atom is 0.270 e. The van der Waals surface area contributed by atoms with Gasteiger partial charge in [-0.05, 0) is 31.4 Å². The second kappa shape index (κ2) is 8.55. The van der Waals surface area contributed by atoms with Crippen LogP contribution in [0.3, 0.4) is 0 Å². The van der Waals surface area contributed by atoms with Gasteiger partial charge in [-0.25, -0.2) is 9.97 Å². The molecule has 6 nitrogen and oxygen atoms in total. The van der Waals surface area contributed by atoms with E-state index in [1.54, 1.807) is 25.4 Å². The van der Waals surface area contributed by atoms with E-state index in [2.05, 4.69) is 25.6 Å². The summed E-state index contributed by atoms with van der Waals surface area (Å²) in [4.78, 5) is 25.3. The van der Waals surface area contributed by atoms with Gasteiger partial charge in [-0.1, -0.05) is 31.7 Å². The molecule has 0 bridgehead atoms. The van der Waals surface area contributed by atoms with Gasteiger partial charge < -0.3 is 10.6 Å². The van der Waals surface area contributed by atoms with Gasteiger partial charge in [-0.2, -0.15) is 0 Å². The summed E-state index contributed by atoms with van der Waals surface area (Å²) in [6.07, 6.45) is 10.6. The van der Waals surface area contributed by atoms with Gasteiger partial charge in [0.15, 0.2) is 0 Å². The van der Waals surface area contributed by atoms with Gasteiger partial charge in [0.25, 0.3) is 5.91 Å². The molecule has 132 valence electrons. The Labute approximate surface area is 148 Å². The first kappa shape index (κ1) is 17.3. The second-order valence-electron chi connectivity index (χ2n) is 6.56. The molecule has 2 aromatic heterocycles. The van der Waals surface area contributed by atoms with Crippen molar-refractivity contribution >= 4 is 11.7 Å². The fraction of sp³-hybridized carbons (Fsp3) is 0.474. The summed E-state index contributed by atoms with van der Waals surface area (Å²) in [5, 5.41) is 6.38. The highest BCUT2D eigenvalue weighted by molar-refractivity contribution is 5.93. The number of pyridine rings is 1. The summed E-state index contributed by atoms with van der Waals surface area (Å²) in [6.45, 7) is 2.41. The van der Waals surface area contributed by atoms with E-state index in [1.807, 2.05) is 12.1 Å². The molecule has 1 aliphatic rings. The first-order valence-electron chi connectivity index (χ1n) is 9.00. The molecular weight excluding hydrogens is 314 g/mol. The Hall–Kier alpha value is -2.50. The van der Waals surface area contributed by atoms with E-state index < -0.39 is 0 Å². The molecule has 0 aromatic carbocycles. The van der Waals surface area contributed by atoms with Crippen LogP contribution >= 0.6 is 0 Å². The molecule has 0 atom stereocenters. The Morgan fingerprint density at radius 3 is 2.72 bits per heavy atom. The van der Waals surface area contributed by atoms with Crippen LogP contribution in [0, 0.1) is 6.92 Å². The number of carbonyl (C=O) groups is 1.